The van der Waals surface area contributed by atoms with Gasteiger partial charge in [-0.2, -0.15) is 5.10 Å². The van der Waals surface area contributed by atoms with Crippen LogP contribution in [0.15, 0.2) is 24.3 Å². The molecule has 0 aliphatic rings. The molecule has 0 radical (unpaired) electrons. The third kappa shape index (κ3) is 3.71. The molecule has 6 nitrogen and oxygen atoms in total. The molecule has 1 aromatic carbocycles. The zero-order chi connectivity index (χ0) is 16.1. The first-order valence-corrected chi connectivity index (χ1v) is 7.15. The second kappa shape index (κ2) is 7.17. The Bertz CT molecular complexity index is 670. The lowest BCUT2D eigenvalue weighted by Crippen LogP contribution is -2.28. The first-order valence-electron chi connectivity index (χ1n) is 6.77. The Hall–Kier alpha value is -2.21. The number of amides is 1. The van der Waals surface area contributed by atoms with Gasteiger partial charge in [0.05, 0.1) is 24.9 Å². The van der Waals surface area contributed by atoms with E-state index in [9.17, 15) is 4.79 Å². The quantitative estimate of drug-likeness (QED) is 0.828. The van der Waals surface area contributed by atoms with E-state index in [1.807, 2.05) is 18.2 Å². The van der Waals surface area contributed by atoms with E-state index in [2.05, 4.69) is 10.4 Å². The van der Waals surface area contributed by atoms with Crippen molar-refractivity contribution in [3.8, 4) is 11.5 Å². The van der Waals surface area contributed by atoms with Crippen LogP contribution in [0.5, 0.6) is 11.5 Å². The third-order valence-corrected chi connectivity index (χ3v) is 3.51. The zero-order valence-electron chi connectivity index (χ0n) is 12.7. The van der Waals surface area contributed by atoms with Crippen molar-refractivity contribution >= 4 is 17.5 Å². The number of rotatable bonds is 6. The molecule has 1 heterocycles. The molecule has 0 aliphatic carbocycles. The molecule has 1 aromatic heterocycles. The van der Waals surface area contributed by atoms with Gasteiger partial charge in [-0.15, -0.1) is 0 Å². The second-order valence-electron chi connectivity index (χ2n) is 4.66. The van der Waals surface area contributed by atoms with Crippen molar-refractivity contribution in [1.29, 1.82) is 0 Å². The summed E-state index contributed by atoms with van der Waals surface area (Å²) in [6.07, 6.45) is 0. The van der Waals surface area contributed by atoms with Crippen LogP contribution in [-0.4, -0.2) is 35.9 Å². The smallest absolute Gasteiger partial charge is 0.256 e. The van der Waals surface area contributed by atoms with Crippen molar-refractivity contribution < 1.29 is 14.3 Å². The highest BCUT2D eigenvalue weighted by molar-refractivity contribution is 6.33. The monoisotopic (exact) mass is 323 g/mol. The van der Waals surface area contributed by atoms with Crippen LogP contribution < -0.4 is 14.8 Å². The molecule has 0 spiro atoms. The first-order chi connectivity index (χ1) is 10.5. The minimum Gasteiger partial charge on any atom is -0.497 e. The van der Waals surface area contributed by atoms with E-state index in [1.165, 1.54) is 4.68 Å². The van der Waals surface area contributed by atoms with Crippen LogP contribution in [0.25, 0.3) is 0 Å². The molecule has 118 valence electrons. The molecular weight excluding hydrogens is 306 g/mol. The lowest BCUT2D eigenvalue weighted by Gasteiger charge is -2.08. The summed E-state index contributed by atoms with van der Waals surface area (Å²) >= 11 is 6.05. The van der Waals surface area contributed by atoms with E-state index in [-0.39, 0.29) is 5.91 Å². The van der Waals surface area contributed by atoms with Gasteiger partial charge in [0.25, 0.3) is 5.91 Å². The molecule has 0 aliphatic heterocycles. The van der Waals surface area contributed by atoms with Crippen molar-refractivity contribution in [2.45, 2.75) is 6.92 Å². The van der Waals surface area contributed by atoms with Gasteiger partial charge in [0.15, 0.2) is 0 Å². The molecule has 2 rings (SSSR count). The summed E-state index contributed by atoms with van der Waals surface area (Å²) in [5, 5.41) is 7.19. The van der Waals surface area contributed by atoms with Gasteiger partial charge in [-0.25, -0.2) is 0 Å². The number of aromatic nitrogens is 2. The first kappa shape index (κ1) is 16.2. The summed E-state index contributed by atoms with van der Waals surface area (Å²) in [4.78, 5) is 12.1. The number of benzene rings is 1. The van der Waals surface area contributed by atoms with E-state index in [1.54, 1.807) is 27.1 Å². The maximum Gasteiger partial charge on any atom is 0.256 e. The largest absolute Gasteiger partial charge is 0.497 e. The standard InChI is InChI=1S/C15H18ClN3O3/c1-10-13(14(16)19(2)18-10)15(20)17-7-8-22-12-6-4-5-11(9-12)21-3/h4-6,9H,7-8H2,1-3H3,(H,17,20). The maximum absolute atomic E-state index is 12.1. The minimum absolute atomic E-state index is 0.259. The molecular formula is C15H18ClN3O3. The van der Waals surface area contributed by atoms with Gasteiger partial charge in [-0.05, 0) is 19.1 Å². The van der Waals surface area contributed by atoms with E-state index in [0.29, 0.717) is 35.3 Å². The van der Waals surface area contributed by atoms with Gasteiger partial charge in [0, 0.05) is 13.1 Å². The van der Waals surface area contributed by atoms with Crippen LogP contribution in [0.3, 0.4) is 0 Å². The fraction of sp³-hybridized carbons (Fsp3) is 0.333. The number of hydrogen-bond acceptors (Lipinski definition) is 4. The molecule has 0 saturated carbocycles. The average molecular weight is 324 g/mol. The summed E-state index contributed by atoms with van der Waals surface area (Å²) in [5.41, 5.74) is 0.990. The number of aryl methyl sites for hydroxylation is 2. The molecule has 0 saturated heterocycles. The number of carbonyl (C=O) groups is 1. The summed E-state index contributed by atoms with van der Waals surface area (Å²) in [7, 11) is 3.29. The number of methoxy groups -OCH3 is 1. The lowest BCUT2D eigenvalue weighted by molar-refractivity contribution is 0.0946. The van der Waals surface area contributed by atoms with Gasteiger partial charge in [0.1, 0.15) is 23.3 Å². The van der Waals surface area contributed by atoms with Gasteiger partial charge in [-0.1, -0.05) is 17.7 Å². The summed E-state index contributed by atoms with van der Waals surface area (Å²) in [6, 6.07) is 7.28. The Morgan fingerprint density at radius 3 is 2.77 bits per heavy atom. The zero-order valence-corrected chi connectivity index (χ0v) is 13.5. The number of ether oxygens (including phenoxy) is 2. The Morgan fingerprint density at radius 2 is 2.14 bits per heavy atom. The number of carbonyl (C=O) groups excluding carboxylic acids is 1. The van der Waals surface area contributed by atoms with Crippen molar-refractivity contribution in [3.63, 3.8) is 0 Å². The number of hydrogen-bond donors (Lipinski definition) is 1. The SMILES string of the molecule is COc1cccc(OCCNC(=O)c2c(C)nn(C)c2Cl)c1. The van der Waals surface area contributed by atoms with Crippen molar-refractivity contribution in [2.75, 3.05) is 20.3 Å². The highest BCUT2D eigenvalue weighted by atomic mass is 35.5. The topological polar surface area (TPSA) is 65.4 Å². The maximum atomic E-state index is 12.1. The fourth-order valence-corrected chi connectivity index (χ4v) is 2.26. The van der Waals surface area contributed by atoms with Crippen molar-refractivity contribution in [2.24, 2.45) is 7.05 Å². The van der Waals surface area contributed by atoms with Gasteiger partial charge in [-0.3, -0.25) is 9.48 Å². The van der Waals surface area contributed by atoms with Crippen LogP contribution >= 0.6 is 11.6 Å². The lowest BCUT2D eigenvalue weighted by atomic mass is 10.2. The molecule has 22 heavy (non-hydrogen) atoms. The Balaban J connectivity index is 1.84. The van der Waals surface area contributed by atoms with Crippen LogP contribution in [0.4, 0.5) is 0 Å². The Labute approximate surface area is 134 Å². The molecule has 0 fully saturated rings. The normalized spacial score (nSPS) is 10.4. The second-order valence-corrected chi connectivity index (χ2v) is 5.02. The van der Waals surface area contributed by atoms with Crippen molar-refractivity contribution in [3.05, 3.63) is 40.7 Å². The molecule has 0 atom stereocenters. The molecule has 7 heteroatoms. The molecule has 1 N–H and O–H groups in total. The highest BCUT2D eigenvalue weighted by Crippen LogP contribution is 2.19. The van der Waals surface area contributed by atoms with Crippen LogP contribution in [-0.2, 0) is 7.05 Å². The van der Waals surface area contributed by atoms with Crippen molar-refractivity contribution in [1.82, 2.24) is 15.1 Å². The predicted molar refractivity (Wildman–Crippen MR) is 83.8 cm³/mol. The van der Waals surface area contributed by atoms with Crippen LogP contribution in [0.1, 0.15) is 16.1 Å². The van der Waals surface area contributed by atoms with E-state index in [0.717, 1.165) is 5.75 Å². The predicted octanol–water partition coefficient (Wildman–Crippen LogP) is 2.20. The van der Waals surface area contributed by atoms with Gasteiger partial charge < -0.3 is 14.8 Å². The summed E-state index contributed by atoms with van der Waals surface area (Å²) < 4.78 is 12.1. The summed E-state index contributed by atoms with van der Waals surface area (Å²) in [5.74, 6) is 1.15. The van der Waals surface area contributed by atoms with Crippen LogP contribution in [0.2, 0.25) is 5.15 Å². The Morgan fingerprint density at radius 1 is 1.41 bits per heavy atom. The van der Waals surface area contributed by atoms with E-state index >= 15 is 0 Å². The molecule has 0 bridgehead atoms. The van der Waals surface area contributed by atoms with Gasteiger partial charge >= 0.3 is 0 Å². The number of nitrogens with one attached hydrogen (secondary N) is 1. The molecule has 2 aromatic rings. The molecule has 1 amide bonds. The van der Waals surface area contributed by atoms with E-state index in [4.69, 9.17) is 21.1 Å². The van der Waals surface area contributed by atoms with Gasteiger partial charge in [0.2, 0.25) is 0 Å². The number of nitrogens with zero attached hydrogens (tertiary/aromatic N) is 2. The third-order valence-electron chi connectivity index (χ3n) is 3.08. The average Bonchev–Trinajstić information content (AvgIpc) is 2.76. The fourth-order valence-electron chi connectivity index (χ4n) is 2.00. The number of halogens is 1. The Kier molecular flexibility index (Phi) is 5.27. The van der Waals surface area contributed by atoms with Crippen LogP contribution in [0, 0.1) is 6.92 Å². The van der Waals surface area contributed by atoms with E-state index < -0.39 is 0 Å². The molecule has 0 unspecified atom stereocenters. The summed E-state index contributed by atoms with van der Waals surface area (Å²) in [6.45, 7) is 2.45. The highest BCUT2D eigenvalue weighted by Gasteiger charge is 2.18. The minimum atomic E-state index is -0.259.